The van der Waals surface area contributed by atoms with Gasteiger partial charge in [0, 0.05) is 13.1 Å². The van der Waals surface area contributed by atoms with Crippen molar-refractivity contribution in [2.75, 3.05) is 13.1 Å². The predicted molar refractivity (Wildman–Crippen MR) is 76.0 cm³/mol. The summed E-state index contributed by atoms with van der Waals surface area (Å²) in [5.41, 5.74) is 0.755. The summed E-state index contributed by atoms with van der Waals surface area (Å²) in [6.45, 7) is 6.59. The molecule has 112 valence electrons. The quantitative estimate of drug-likeness (QED) is 0.868. The van der Waals surface area contributed by atoms with Gasteiger partial charge in [-0.2, -0.15) is 0 Å². The Hall–Kier alpha value is -2.31. The zero-order chi connectivity index (χ0) is 15.2. The Morgan fingerprint density at radius 3 is 2.76 bits per heavy atom. The lowest BCUT2D eigenvalue weighted by Gasteiger charge is -2.39. The monoisotopic (exact) mass is 290 g/mol. The number of fused-ring (bicyclic) bond motifs is 1. The van der Waals surface area contributed by atoms with Crippen LogP contribution >= 0.6 is 0 Å². The first-order valence-corrected chi connectivity index (χ1v) is 6.86. The molecule has 21 heavy (non-hydrogen) atoms. The lowest BCUT2D eigenvalue weighted by molar-refractivity contribution is -0.0000735. The number of likely N-dealkylation sites (tertiary alicyclic amines) is 1. The highest BCUT2D eigenvalue weighted by molar-refractivity contribution is 5.80. The van der Waals surface area contributed by atoms with Crippen LogP contribution in [0.3, 0.4) is 0 Å². The molecular weight excluding hydrogens is 272 g/mol. The molecule has 1 fully saturated rings. The third kappa shape index (κ3) is 2.51. The van der Waals surface area contributed by atoms with Gasteiger partial charge in [-0.05, 0) is 32.9 Å². The maximum atomic E-state index is 11.9. The van der Waals surface area contributed by atoms with Gasteiger partial charge in [0.15, 0.2) is 5.52 Å². The van der Waals surface area contributed by atoms with E-state index >= 15 is 0 Å². The molecule has 1 aliphatic heterocycles. The van der Waals surface area contributed by atoms with Gasteiger partial charge < -0.3 is 14.7 Å². The standard InChI is InChI=1S/C14H18N4O3/c1-14(2,3)21-13(20)17-7-9(8-17)18-10-5-4-6-11(19)12(10)15-16-18/h4-6,9,19H,7-8H2,1-3H3. The summed E-state index contributed by atoms with van der Waals surface area (Å²) in [5.74, 6) is 0.113. The first-order valence-electron chi connectivity index (χ1n) is 6.86. The zero-order valence-electron chi connectivity index (χ0n) is 12.3. The Kier molecular flexibility index (Phi) is 3.00. The molecule has 0 unspecified atom stereocenters. The number of aromatic hydroxyl groups is 1. The molecule has 0 atom stereocenters. The topological polar surface area (TPSA) is 80.5 Å². The Morgan fingerprint density at radius 2 is 2.10 bits per heavy atom. The van der Waals surface area contributed by atoms with Gasteiger partial charge in [0.2, 0.25) is 0 Å². The predicted octanol–water partition coefficient (Wildman–Crippen LogP) is 1.93. The fourth-order valence-corrected chi connectivity index (χ4v) is 2.30. The summed E-state index contributed by atoms with van der Waals surface area (Å²) in [4.78, 5) is 13.5. The van der Waals surface area contributed by atoms with E-state index in [1.54, 1.807) is 21.7 Å². The fourth-order valence-electron chi connectivity index (χ4n) is 2.30. The van der Waals surface area contributed by atoms with E-state index in [1.807, 2.05) is 26.8 Å². The van der Waals surface area contributed by atoms with Crippen molar-refractivity contribution in [3.8, 4) is 5.75 Å². The maximum absolute atomic E-state index is 11.9. The van der Waals surface area contributed by atoms with E-state index in [4.69, 9.17) is 4.74 Å². The first-order chi connectivity index (χ1) is 9.85. The number of hydrogen-bond donors (Lipinski definition) is 1. The number of phenols is 1. The van der Waals surface area contributed by atoms with Crippen molar-refractivity contribution in [3.05, 3.63) is 18.2 Å². The van der Waals surface area contributed by atoms with Crippen LogP contribution in [0.1, 0.15) is 26.8 Å². The van der Waals surface area contributed by atoms with Gasteiger partial charge in [-0.3, -0.25) is 0 Å². The lowest BCUT2D eigenvalue weighted by Crippen LogP contribution is -2.52. The SMILES string of the molecule is CC(C)(C)OC(=O)N1CC(n2nnc3c(O)cccc32)C1. The lowest BCUT2D eigenvalue weighted by atomic mass is 10.1. The van der Waals surface area contributed by atoms with Crippen molar-refractivity contribution in [2.24, 2.45) is 0 Å². The molecule has 1 aromatic carbocycles. The summed E-state index contributed by atoms with van der Waals surface area (Å²) in [6.07, 6.45) is -0.314. The molecule has 2 heterocycles. The minimum absolute atomic E-state index is 0.0596. The molecule has 0 saturated carbocycles. The van der Waals surface area contributed by atoms with E-state index in [0.717, 1.165) is 5.52 Å². The second kappa shape index (κ2) is 4.61. The molecule has 1 saturated heterocycles. The summed E-state index contributed by atoms with van der Waals surface area (Å²) in [5, 5.41) is 17.8. The molecule has 0 radical (unpaired) electrons. The largest absolute Gasteiger partial charge is 0.506 e. The molecule has 1 aromatic heterocycles. The average Bonchev–Trinajstić information content (AvgIpc) is 2.70. The van der Waals surface area contributed by atoms with Gasteiger partial charge in [-0.15, -0.1) is 5.10 Å². The number of amides is 1. The van der Waals surface area contributed by atoms with Crippen LogP contribution in [0.15, 0.2) is 18.2 Å². The second-order valence-corrected chi connectivity index (χ2v) is 6.22. The zero-order valence-corrected chi connectivity index (χ0v) is 12.3. The molecule has 1 aliphatic rings. The van der Waals surface area contributed by atoms with Crippen LogP contribution in [0.2, 0.25) is 0 Å². The Labute approximate surface area is 122 Å². The van der Waals surface area contributed by atoms with Crippen LogP contribution in [0.25, 0.3) is 11.0 Å². The highest BCUT2D eigenvalue weighted by Crippen LogP contribution is 2.28. The first kappa shape index (κ1) is 13.7. The maximum Gasteiger partial charge on any atom is 0.410 e. The number of ether oxygens (including phenoxy) is 1. The third-order valence-corrected chi connectivity index (χ3v) is 3.34. The van der Waals surface area contributed by atoms with Crippen molar-refractivity contribution >= 4 is 17.1 Å². The molecule has 7 nitrogen and oxygen atoms in total. The number of phenolic OH excluding ortho intramolecular Hbond substituents is 1. The fraction of sp³-hybridized carbons (Fsp3) is 0.500. The van der Waals surface area contributed by atoms with Gasteiger partial charge in [0.05, 0.1) is 11.6 Å². The van der Waals surface area contributed by atoms with Crippen LogP contribution in [-0.2, 0) is 4.74 Å². The number of rotatable bonds is 1. The van der Waals surface area contributed by atoms with Gasteiger partial charge >= 0.3 is 6.09 Å². The van der Waals surface area contributed by atoms with Crippen LogP contribution < -0.4 is 0 Å². The molecule has 2 aromatic rings. The summed E-state index contributed by atoms with van der Waals surface area (Å²) < 4.78 is 7.06. The molecule has 1 amide bonds. The van der Waals surface area contributed by atoms with E-state index in [1.165, 1.54) is 0 Å². The van der Waals surface area contributed by atoms with E-state index in [2.05, 4.69) is 10.3 Å². The summed E-state index contributed by atoms with van der Waals surface area (Å²) in [7, 11) is 0. The van der Waals surface area contributed by atoms with Crippen LogP contribution in [-0.4, -0.2) is 49.8 Å². The van der Waals surface area contributed by atoms with Gasteiger partial charge in [-0.25, -0.2) is 9.48 Å². The van der Waals surface area contributed by atoms with Crippen LogP contribution in [0, 0.1) is 0 Å². The highest BCUT2D eigenvalue weighted by atomic mass is 16.6. The average molecular weight is 290 g/mol. The van der Waals surface area contributed by atoms with Crippen LogP contribution in [0.5, 0.6) is 5.75 Å². The minimum Gasteiger partial charge on any atom is -0.506 e. The number of aromatic nitrogens is 3. The van der Waals surface area contributed by atoms with E-state index in [9.17, 15) is 9.90 Å². The second-order valence-electron chi connectivity index (χ2n) is 6.22. The molecule has 1 N–H and O–H groups in total. The smallest absolute Gasteiger partial charge is 0.410 e. The van der Waals surface area contributed by atoms with Crippen molar-refractivity contribution in [1.29, 1.82) is 0 Å². The van der Waals surface area contributed by atoms with Crippen molar-refractivity contribution in [3.63, 3.8) is 0 Å². The molecule has 7 heteroatoms. The summed E-state index contributed by atoms with van der Waals surface area (Å²) in [6, 6.07) is 5.24. The number of benzene rings is 1. The number of nitrogens with zero attached hydrogens (tertiary/aromatic N) is 4. The van der Waals surface area contributed by atoms with Crippen LogP contribution in [0.4, 0.5) is 4.79 Å². The van der Waals surface area contributed by atoms with Crippen molar-refractivity contribution in [2.45, 2.75) is 32.4 Å². The normalized spacial score (nSPS) is 16.0. The third-order valence-electron chi connectivity index (χ3n) is 3.34. The molecule has 0 bridgehead atoms. The Morgan fingerprint density at radius 1 is 1.38 bits per heavy atom. The number of carbonyl (C=O) groups is 1. The van der Waals surface area contributed by atoms with Gasteiger partial charge in [0.25, 0.3) is 0 Å². The molecule has 0 aliphatic carbocycles. The summed E-state index contributed by atoms with van der Waals surface area (Å²) >= 11 is 0. The Bertz CT molecular complexity index is 683. The van der Waals surface area contributed by atoms with Crippen molar-refractivity contribution in [1.82, 2.24) is 19.9 Å². The molecule has 0 spiro atoms. The van der Waals surface area contributed by atoms with Gasteiger partial charge in [0.1, 0.15) is 11.4 Å². The van der Waals surface area contributed by atoms with E-state index in [-0.39, 0.29) is 17.9 Å². The highest BCUT2D eigenvalue weighted by Gasteiger charge is 2.36. The number of hydrogen-bond acceptors (Lipinski definition) is 5. The Balaban J connectivity index is 1.71. The molecular formula is C14H18N4O3. The van der Waals surface area contributed by atoms with E-state index < -0.39 is 5.60 Å². The minimum atomic E-state index is -0.492. The van der Waals surface area contributed by atoms with Gasteiger partial charge in [-0.1, -0.05) is 11.3 Å². The molecule has 3 rings (SSSR count). The van der Waals surface area contributed by atoms with E-state index in [0.29, 0.717) is 18.6 Å². The van der Waals surface area contributed by atoms with Crippen molar-refractivity contribution < 1.29 is 14.6 Å². The number of carbonyl (C=O) groups excluding carboxylic acids is 1.